The van der Waals surface area contributed by atoms with Gasteiger partial charge in [0.2, 0.25) is 0 Å². The van der Waals surface area contributed by atoms with Crippen molar-refractivity contribution < 1.29 is 4.74 Å². The van der Waals surface area contributed by atoms with Crippen molar-refractivity contribution in [2.45, 2.75) is 38.8 Å². The van der Waals surface area contributed by atoms with Gasteiger partial charge in [-0.05, 0) is 50.9 Å². The van der Waals surface area contributed by atoms with Crippen molar-refractivity contribution in [2.24, 2.45) is 0 Å². The second-order valence-corrected chi connectivity index (χ2v) is 4.83. The molecule has 0 saturated heterocycles. The summed E-state index contributed by atoms with van der Waals surface area (Å²) in [6.45, 7) is 5.21. The van der Waals surface area contributed by atoms with Crippen LogP contribution in [-0.2, 0) is 13.0 Å². The molecule has 82 valence electrons. The van der Waals surface area contributed by atoms with Gasteiger partial charge in [-0.15, -0.1) is 0 Å². The number of hydrogen-bond acceptors (Lipinski definition) is 2. The fourth-order valence-corrected chi connectivity index (χ4v) is 2.00. The Morgan fingerprint density at radius 2 is 2.20 bits per heavy atom. The average molecular weight is 205 g/mol. The number of nitrogens with one attached hydrogen (secondary N) is 1. The first-order chi connectivity index (χ1) is 7.11. The molecule has 0 saturated carbocycles. The second kappa shape index (κ2) is 3.86. The van der Waals surface area contributed by atoms with E-state index < -0.39 is 0 Å². The third kappa shape index (κ3) is 2.32. The van der Waals surface area contributed by atoms with Crippen LogP contribution in [0.1, 0.15) is 31.4 Å². The highest BCUT2D eigenvalue weighted by Crippen LogP contribution is 2.33. The summed E-state index contributed by atoms with van der Waals surface area (Å²) < 4.78 is 5.98. The van der Waals surface area contributed by atoms with E-state index in [0.29, 0.717) is 0 Å². The molecule has 1 aliphatic rings. The molecular formula is C13H19NO. The summed E-state index contributed by atoms with van der Waals surface area (Å²) in [4.78, 5) is 0. The highest BCUT2D eigenvalue weighted by Gasteiger charge is 2.26. The topological polar surface area (TPSA) is 21.3 Å². The monoisotopic (exact) mass is 205 g/mol. The van der Waals surface area contributed by atoms with Gasteiger partial charge in [-0.3, -0.25) is 0 Å². The van der Waals surface area contributed by atoms with Crippen molar-refractivity contribution in [3.63, 3.8) is 0 Å². The molecule has 0 spiro atoms. The lowest BCUT2D eigenvalue weighted by Gasteiger charge is -2.32. The molecule has 0 amide bonds. The van der Waals surface area contributed by atoms with Crippen LogP contribution in [-0.4, -0.2) is 12.6 Å². The molecule has 0 fully saturated rings. The maximum absolute atomic E-state index is 5.98. The molecule has 0 unspecified atom stereocenters. The summed E-state index contributed by atoms with van der Waals surface area (Å²) in [6.07, 6.45) is 2.23. The van der Waals surface area contributed by atoms with Crippen LogP contribution in [0.3, 0.4) is 0 Å². The lowest BCUT2D eigenvalue weighted by Crippen LogP contribution is -2.32. The lowest BCUT2D eigenvalue weighted by molar-refractivity contribution is 0.0846. The van der Waals surface area contributed by atoms with Gasteiger partial charge in [-0.25, -0.2) is 0 Å². The van der Waals surface area contributed by atoms with Crippen LogP contribution < -0.4 is 10.1 Å². The molecule has 1 aliphatic heterocycles. The molecule has 1 aromatic rings. The van der Waals surface area contributed by atoms with Gasteiger partial charge in [0.15, 0.2) is 0 Å². The number of benzene rings is 1. The minimum atomic E-state index is -0.00866. The molecule has 0 aliphatic carbocycles. The van der Waals surface area contributed by atoms with Crippen molar-refractivity contribution >= 4 is 0 Å². The Morgan fingerprint density at radius 1 is 1.40 bits per heavy atom. The van der Waals surface area contributed by atoms with Crippen LogP contribution in [0.5, 0.6) is 5.75 Å². The number of ether oxygens (including phenoxy) is 1. The summed E-state index contributed by atoms with van der Waals surface area (Å²) in [5, 5.41) is 3.16. The second-order valence-electron chi connectivity index (χ2n) is 4.83. The number of fused-ring (bicyclic) bond motifs is 1. The molecular weight excluding hydrogens is 186 g/mol. The van der Waals surface area contributed by atoms with Crippen molar-refractivity contribution in [3.05, 3.63) is 29.3 Å². The first kappa shape index (κ1) is 10.5. The Balaban J connectivity index is 2.27. The summed E-state index contributed by atoms with van der Waals surface area (Å²) in [5.41, 5.74) is 2.62. The summed E-state index contributed by atoms with van der Waals surface area (Å²) in [6, 6.07) is 6.53. The first-order valence-corrected chi connectivity index (χ1v) is 5.56. The van der Waals surface area contributed by atoms with E-state index in [9.17, 15) is 0 Å². The highest BCUT2D eigenvalue weighted by atomic mass is 16.5. The molecule has 1 N–H and O–H groups in total. The van der Waals surface area contributed by atoms with Crippen LogP contribution in [0.25, 0.3) is 0 Å². The van der Waals surface area contributed by atoms with Gasteiger partial charge in [-0.2, -0.15) is 0 Å². The van der Waals surface area contributed by atoms with Crippen molar-refractivity contribution in [1.82, 2.24) is 5.32 Å². The zero-order valence-corrected chi connectivity index (χ0v) is 9.76. The van der Waals surface area contributed by atoms with E-state index in [2.05, 4.69) is 37.4 Å². The number of aryl methyl sites for hydroxylation is 1. The summed E-state index contributed by atoms with van der Waals surface area (Å²) in [7, 11) is 1.96. The van der Waals surface area contributed by atoms with Gasteiger partial charge in [0.05, 0.1) is 0 Å². The van der Waals surface area contributed by atoms with Gasteiger partial charge in [0.25, 0.3) is 0 Å². The zero-order chi connectivity index (χ0) is 10.9. The van der Waals surface area contributed by atoms with E-state index >= 15 is 0 Å². The Bertz CT molecular complexity index is 358. The standard InChI is InChI=1S/C13H19NO/c1-13(2)7-6-11-5-4-10(9-14-3)8-12(11)15-13/h4-5,8,14H,6-7,9H2,1-3H3. The average Bonchev–Trinajstić information content (AvgIpc) is 2.16. The van der Waals surface area contributed by atoms with Crippen LogP contribution in [0.2, 0.25) is 0 Å². The molecule has 1 heterocycles. The molecule has 1 aromatic carbocycles. The molecule has 0 aromatic heterocycles. The Kier molecular flexibility index (Phi) is 2.70. The van der Waals surface area contributed by atoms with Crippen molar-refractivity contribution in [1.29, 1.82) is 0 Å². The van der Waals surface area contributed by atoms with E-state index in [1.165, 1.54) is 11.1 Å². The molecule has 2 heteroatoms. The van der Waals surface area contributed by atoms with Crippen molar-refractivity contribution in [3.8, 4) is 5.75 Å². The lowest BCUT2D eigenvalue weighted by atomic mass is 9.93. The SMILES string of the molecule is CNCc1ccc2c(c1)OC(C)(C)CC2. The minimum absolute atomic E-state index is 0.00866. The van der Waals surface area contributed by atoms with E-state index in [0.717, 1.165) is 25.1 Å². The van der Waals surface area contributed by atoms with E-state index in [1.807, 2.05) is 7.05 Å². The minimum Gasteiger partial charge on any atom is -0.488 e. The van der Waals surface area contributed by atoms with Crippen LogP contribution in [0.15, 0.2) is 18.2 Å². The van der Waals surface area contributed by atoms with Gasteiger partial charge in [-0.1, -0.05) is 12.1 Å². The van der Waals surface area contributed by atoms with E-state index in [4.69, 9.17) is 4.74 Å². The molecule has 2 rings (SSSR count). The van der Waals surface area contributed by atoms with E-state index in [1.54, 1.807) is 0 Å². The maximum atomic E-state index is 5.98. The van der Waals surface area contributed by atoms with Gasteiger partial charge in [0.1, 0.15) is 11.4 Å². The Hall–Kier alpha value is -1.02. The molecule has 0 atom stereocenters. The summed E-state index contributed by atoms with van der Waals surface area (Å²) in [5.74, 6) is 1.07. The predicted molar refractivity (Wildman–Crippen MR) is 62.2 cm³/mol. The van der Waals surface area contributed by atoms with Crippen molar-refractivity contribution in [2.75, 3.05) is 7.05 Å². The molecule has 0 radical (unpaired) electrons. The van der Waals surface area contributed by atoms with Crippen LogP contribution >= 0.6 is 0 Å². The Labute approximate surface area is 91.6 Å². The smallest absolute Gasteiger partial charge is 0.123 e. The fourth-order valence-electron chi connectivity index (χ4n) is 2.00. The third-order valence-corrected chi connectivity index (χ3v) is 2.90. The maximum Gasteiger partial charge on any atom is 0.123 e. The Morgan fingerprint density at radius 3 is 2.93 bits per heavy atom. The largest absolute Gasteiger partial charge is 0.488 e. The molecule has 2 nitrogen and oxygen atoms in total. The third-order valence-electron chi connectivity index (χ3n) is 2.90. The number of rotatable bonds is 2. The fraction of sp³-hybridized carbons (Fsp3) is 0.538. The van der Waals surface area contributed by atoms with Crippen LogP contribution in [0, 0.1) is 0 Å². The molecule has 15 heavy (non-hydrogen) atoms. The highest BCUT2D eigenvalue weighted by molar-refractivity contribution is 5.39. The van der Waals surface area contributed by atoms with Gasteiger partial charge >= 0.3 is 0 Å². The van der Waals surface area contributed by atoms with Gasteiger partial charge in [0, 0.05) is 6.54 Å². The number of hydrogen-bond donors (Lipinski definition) is 1. The van der Waals surface area contributed by atoms with E-state index in [-0.39, 0.29) is 5.60 Å². The first-order valence-electron chi connectivity index (χ1n) is 5.56. The predicted octanol–water partition coefficient (Wildman–Crippen LogP) is 2.51. The van der Waals surface area contributed by atoms with Gasteiger partial charge < -0.3 is 10.1 Å². The summed E-state index contributed by atoms with van der Waals surface area (Å²) >= 11 is 0. The molecule has 0 bridgehead atoms. The quantitative estimate of drug-likeness (QED) is 0.801. The zero-order valence-electron chi connectivity index (χ0n) is 9.76. The van der Waals surface area contributed by atoms with Crippen LogP contribution in [0.4, 0.5) is 0 Å². The normalized spacial score (nSPS) is 18.1.